The van der Waals surface area contributed by atoms with Crippen molar-refractivity contribution in [1.29, 1.82) is 0 Å². The minimum atomic E-state index is -0.128. The Morgan fingerprint density at radius 3 is 2.64 bits per heavy atom. The predicted molar refractivity (Wildman–Crippen MR) is 117 cm³/mol. The number of nitrogens with zero attached hydrogens (tertiary/aromatic N) is 2. The molecular weight excluding hydrogens is 410 g/mol. The van der Waals surface area contributed by atoms with Gasteiger partial charge in [0, 0.05) is 24.5 Å². The maximum absolute atomic E-state index is 12.3. The lowest BCUT2D eigenvalue weighted by Crippen LogP contribution is -2.35. The van der Waals surface area contributed by atoms with E-state index in [2.05, 4.69) is 22.5 Å². The molecule has 1 N–H and O–H groups in total. The van der Waals surface area contributed by atoms with E-state index in [9.17, 15) is 4.79 Å². The summed E-state index contributed by atoms with van der Waals surface area (Å²) >= 11 is 8.62. The summed E-state index contributed by atoms with van der Waals surface area (Å²) < 4.78 is 8.38. The van der Waals surface area contributed by atoms with Gasteiger partial charge < -0.3 is 10.1 Å². The Morgan fingerprint density at radius 2 is 1.96 bits per heavy atom. The van der Waals surface area contributed by atoms with E-state index in [0.717, 1.165) is 15.8 Å². The van der Waals surface area contributed by atoms with Crippen LogP contribution in [0.25, 0.3) is 5.69 Å². The summed E-state index contributed by atoms with van der Waals surface area (Å²) in [6, 6.07) is 17.5. The van der Waals surface area contributed by atoms with Gasteiger partial charge in [0.15, 0.2) is 8.29 Å². The summed E-state index contributed by atoms with van der Waals surface area (Å²) in [5, 5.41) is 7.52. The fourth-order valence-electron chi connectivity index (χ4n) is 2.55. The zero-order chi connectivity index (χ0) is 19.9. The van der Waals surface area contributed by atoms with Crippen LogP contribution >= 0.6 is 35.3 Å². The van der Waals surface area contributed by atoms with Gasteiger partial charge in [0.25, 0.3) is 5.91 Å². The first-order chi connectivity index (χ1) is 13.6. The van der Waals surface area contributed by atoms with Crippen molar-refractivity contribution < 1.29 is 9.53 Å². The third-order valence-electron chi connectivity index (χ3n) is 3.90. The van der Waals surface area contributed by atoms with Gasteiger partial charge in [-0.2, -0.15) is 0 Å². The quantitative estimate of drug-likeness (QED) is 0.413. The molecule has 3 aromatic rings. The Morgan fingerprint density at radius 1 is 1.25 bits per heavy atom. The predicted octanol–water partition coefficient (Wildman–Crippen LogP) is 4.72. The van der Waals surface area contributed by atoms with Gasteiger partial charge in [-0.25, -0.2) is 4.68 Å². The number of thioether (sulfide) groups is 1. The molecule has 0 aliphatic rings. The highest BCUT2D eigenvalue weighted by atomic mass is 32.2. The number of aromatic nitrogens is 2. The summed E-state index contributed by atoms with van der Waals surface area (Å²) in [5.41, 5.74) is 2.68. The van der Waals surface area contributed by atoms with Crippen LogP contribution in [0.15, 0.2) is 58.9 Å². The molecule has 0 bridgehead atoms. The topological polar surface area (TPSA) is 56.1 Å². The second-order valence-electron chi connectivity index (χ2n) is 6.20. The van der Waals surface area contributed by atoms with E-state index >= 15 is 0 Å². The Labute approximate surface area is 177 Å². The van der Waals surface area contributed by atoms with Crippen molar-refractivity contribution in [2.75, 3.05) is 13.7 Å². The Kier molecular flexibility index (Phi) is 7.38. The molecule has 1 amide bonds. The van der Waals surface area contributed by atoms with Gasteiger partial charge >= 0.3 is 0 Å². The van der Waals surface area contributed by atoms with Gasteiger partial charge in [-0.05, 0) is 49.0 Å². The lowest BCUT2D eigenvalue weighted by molar-refractivity contribution is 0.0905. The minimum absolute atomic E-state index is 0.0477. The maximum Gasteiger partial charge on any atom is 0.251 e. The molecular formula is C20H21N3O2S3. The molecule has 0 saturated heterocycles. The van der Waals surface area contributed by atoms with E-state index in [1.54, 1.807) is 35.7 Å². The summed E-state index contributed by atoms with van der Waals surface area (Å²) in [7, 11) is 1.61. The number of nitrogens with one attached hydrogen (secondary N) is 1. The van der Waals surface area contributed by atoms with Crippen LogP contribution < -0.4 is 5.32 Å². The molecule has 0 aliphatic carbocycles. The number of ether oxygens (including phenoxy) is 1. The third-order valence-corrected chi connectivity index (χ3v) is 6.34. The second-order valence-corrected chi connectivity index (χ2v) is 9.04. The average Bonchev–Trinajstić information content (AvgIpc) is 3.08. The molecule has 0 aliphatic heterocycles. The molecule has 8 heteroatoms. The third kappa shape index (κ3) is 5.51. The highest BCUT2D eigenvalue weighted by molar-refractivity contribution is 8.00. The standard InChI is InChI=1S/C20H21N3O2S3/c1-14(12-25-2)21-18(24)16-8-10-17(11-9-16)23-20(26)28-19(22-23)27-13-15-6-4-3-5-7-15/h3-11,14H,12-13H2,1-2H3,(H,21,24). The fraction of sp³-hybridized carbons (Fsp3) is 0.250. The minimum Gasteiger partial charge on any atom is -0.383 e. The molecule has 0 saturated carbocycles. The van der Waals surface area contributed by atoms with Crippen LogP contribution in [-0.2, 0) is 10.5 Å². The fourth-order valence-corrected chi connectivity index (χ4v) is 4.87. The number of hydrogen-bond donors (Lipinski definition) is 1. The van der Waals surface area contributed by atoms with Crippen molar-refractivity contribution in [1.82, 2.24) is 15.1 Å². The summed E-state index contributed by atoms with van der Waals surface area (Å²) in [6.07, 6.45) is 0. The van der Waals surface area contributed by atoms with Crippen molar-refractivity contribution in [3.63, 3.8) is 0 Å². The van der Waals surface area contributed by atoms with E-state index in [1.807, 2.05) is 37.3 Å². The molecule has 1 heterocycles. The van der Waals surface area contributed by atoms with Gasteiger partial charge in [0.2, 0.25) is 0 Å². The number of rotatable bonds is 8. The Bertz CT molecular complexity index is 968. The molecule has 1 aromatic heterocycles. The molecule has 1 atom stereocenters. The zero-order valence-corrected chi connectivity index (χ0v) is 18.1. The average molecular weight is 432 g/mol. The Hall–Kier alpha value is -2.00. The lowest BCUT2D eigenvalue weighted by atomic mass is 10.2. The number of methoxy groups -OCH3 is 1. The van der Waals surface area contributed by atoms with E-state index in [4.69, 9.17) is 17.0 Å². The van der Waals surface area contributed by atoms with Crippen molar-refractivity contribution in [2.24, 2.45) is 0 Å². The van der Waals surface area contributed by atoms with Gasteiger partial charge in [-0.15, -0.1) is 5.10 Å². The van der Waals surface area contributed by atoms with Crippen LogP contribution in [0.2, 0.25) is 0 Å². The van der Waals surface area contributed by atoms with Crippen molar-refractivity contribution >= 4 is 41.2 Å². The van der Waals surface area contributed by atoms with Crippen LogP contribution in [0.3, 0.4) is 0 Å². The monoisotopic (exact) mass is 431 g/mol. The molecule has 1 unspecified atom stereocenters. The first-order valence-corrected chi connectivity index (χ1v) is 10.9. The Balaban J connectivity index is 1.67. The first-order valence-electron chi connectivity index (χ1n) is 8.74. The van der Waals surface area contributed by atoms with Gasteiger partial charge in [-0.1, -0.05) is 53.4 Å². The first kappa shape index (κ1) is 20.7. The van der Waals surface area contributed by atoms with Crippen molar-refractivity contribution in [3.8, 4) is 5.69 Å². The highest BCUT2D eigenvalue weighted by Crippen LogP contribution is 2.27. The van der Waals surface area contributed by atoms with Crippen LogP contribution in [0, 0.1) is 3.95 Å². The van der Waals surface area contributed by atoms with Crippen LogP contribution in [-0.4, -0.2) is 35.4 Å². The number of carbonyl (C=O) groups excluding carboxylic acids is 1. The molecule has 146 valence electrons. The SMILES string of the molecule is COCC(C)NC(=O)c1ccc(-n2nc(SCc3ccccc3)sc2=S)cc1. The van der Waals surface area contributed by atoms with Crippen LogP contribution in [0.1, 0.15) is 22.8 Å². The smallest absolute Gasteiger partial charge is 0.251 e. The second kappa shape index (κ2) is 9.97. The molecule has 0 radical (unpaired) electrons. The van der Waals surface area contributed by atoms with E-state index in [1.165, 1.54) is 16.9 Å². The van der Waals surface area contributed by atoms with Crippen LogP contribution in [0.5, 0.6) is 0 Å². The molecule has 0 fully saturated rings. The highest BCUT2D eigenvalue weighted by Gasteiger charge is 2.11. The van der Waals surface area contributed by atoms with Gasteiger partial charge in [0.1, 0.15) is 0 Å². The largest absolute Gasteiger partial charge is 0.383 e. The van der Waals surface area contributed by atoms with E-state index in [-0.39, 0.29) is 11.9 Å². The molecule has 28 heavy (non-hydrogen) atoms. The molecule has 0 spiro atoms. The lowest BCUT2D eigenvalue weighted by Gasteiger charge is -2.12. The number of carbonyl (C=O) groups is 1. The van der Waals surface area contributed by atoms with E-state index in [0.29, 0.717) is 16.1 Å². The molecule has 2 aromatic carbocycles. The van der Waals surface area contributed by atoms with E-state index < -0.39 is 0 Å². The van der Waals surface area contributed by atoms with Crippen molar-refractivity contribution in [2.45, 2.75) is 23.1 Å². The maximum atomic E-state index is 12.3. The number of hydrogen-bond acceptors (Lipinski definition) is 6. The number of amides is 1. The van der Waals surface area contributed by atoms with Crippen LogP contribution in [0.4, 0.5) is 0 Å². The number of benzene rings is 2. The van der Waals surface area contributed by atoms with Gasteiger partial charge in [-0.3, -0.25) is 4.79 Å². The zero-order valence-electron chi connectivity index (χ0n) is 15.6. The molecule has 3 rings (SSSR count). The summed E-state index contributed by atoms with van der Waals surface area (Å²) in [6.45, 7) is 2.38. The molecule has 5 nitrogen and oxygen atoms in total. The van der Waals surface area contributed by atoms with Gasteiger partial charge in [0.05, 0.1) is 12.3 Å². The van der Waals surface area contributed by atoms with Crippen molar-refractivity contribution in [3.05, 3.63) is 69.7 Å². The summed E-state index contributed by atoms with van der Waals surface area (Å²) in [4.78, 5) is 12.3. The normalized spacial score (nSPS) is 11.9. The summed E-state index contributed by atoms with van der Waals surface area (Å²) in [5.74, 6) is 0.721.